The van der Waals surface area contributed by atoms with Crippen molar-refractivity contribution in [2.45, 2.75) is 12.8 Å². The summed E-state index contributed by atoms with van der Waals surface area (Å²) in [6, 6.07) is 9.69. The van der Waals surface area contributed by atoms with Crippen molar-refractivity contribution < 1.29 is 9.53 Å². The highest BCUT2D eigenvalue weighted by atomic mass is 16.5. The van der Waals surface area contributed by atoms with E-state index in [1.165, 1.54) is 0 Å². The van der Waals surface area contributed by atoms with Crippen LogP contribution in [0.25, 0.3) is 0 Å². The van der Waals surface area contributed by atoms with Crippen LogP contribution >= 0.6 is 0 Å². The molecule has 0 amide bonds. The van der Waals surface area contributed by atoms with Gasteiger partial charge in [0, 0.05) is 18.1 Å². The Hall–Kier alpha value is -2.01. The Labute approximate surface area is 88.6 Å². The van der Waals surface area contributed by atoms with E-state index < -0.39 is 0 Å². The number of cyclic esters (lactones) is 1. The predicted octanol–water partition coefficient (Wildman–Crippen LogP) is 2.26. The zero-order chi connectivity index (χ0) is 10.5. The molecular weight excluding hydrogens is 188 g/mol. The maximum atomic E-state index is 10.8. The van der Waals surface area contributed by atoms with Gasteiger partial charge in [-0.2, -0.15) is 0 Å². The Bertz CT molecular complexity index is 446. The van der Waals surface area contributed by atoms with E-state index in [-0.39, 0.29) is 5.97 Å². The van der Waals surface area contributed by atoms with Gasteiger partial charge in [0.2, 0.25) is 0 Å². The number of hydrogen-bond acceptors (Lipinski definition) is 2. The largest absolute Gasteiger partial charge is 0.430 e. The van der Waals surface area contributed by atoms with Crippen LogP contribution in [0, 0.1) is 11.8 Å². The molecular formula is C13H10O2. The normalized spacial score (nSPS) is 17.1. The first-order chi connectivity index (χ1) is 7.34. The molecule has 0 spiro atoms. The summed E-state index contributed by atoms with van der Waals surface area (Å²) in [7, 11) is 0. The molecule has 2 rings (SSSR count). The minimum Gasteiger partial charge on any atom is -0.430 e. The first-order valence-corrected chi connectivity index (χ1v) is 4.81. The summed E-state index contributed by atoms with van der Waals surface area (Å²) >= 11 is 0. The van der Waals surface area contributed by atoms with Crippen molar-refractivity contribution in [1.29, 1.82) is 0 Å². The molecule has 2 nitrogen and oxygen atoms in total. The lowest BCUT2D eigenvalue weighted by atomic mass is 10.2. The molecule has 1 heterocycles. The van der Waals surface area contributed by atoms with E-state index in [4.69, 9.17) is 4.74 Å². The third-order valence-electron chi connectivity index (χ3n) is 2.04. The Kier molecular flexibility index (Phi) is 2.85. The second-order valence-electron chi connectivity index (χ2n) is 3.22. The molecule has 15 heavy (non-hydrogen) atoms. The fraction of sp³-hybridized carbons (Fsp3) is 0.154. The second kappa shape index (κ2) is 4.47. The van der Waals surface area contributed by atoms with Crippen LogP contribution in [-0.2, 0) is 9.53 Å². The standard InChI is InChI=1S/C13H10O2/c14-13-10-9-12(15-13)8-4-7-11-5-2-1-3-6-11/h1-3,5-6,8H,9-10H2/b12-8+. The molecule has 0 unspecified atom stereocenters. The molecule has 1 fully saturated rings. The number of carbonyl (C=O) groups is 1. The van der Waals surface area contributed by atoms with Crippen LogP contribution in [0.1, 0.15) is 18.4 Å². The van der Waals surface area contributed by atoms with Crippen molar-refractivity contribution in [2.24, 2.45) is 0 Å². The smallest absolute Gasteiger partial charge is 0.311 e. The Balaban J connectivity index is 2.04. The molecule has 0 aromatic heterocycles. The van der Waals surface area contributed by atoms with E-state index in [0.717, 1.165) is 5.56 Å². The third kappa shape index (κ3) is 2.72. The number of rotatable bonds is 0. The van der Waals surface area contributed by atoms with Crippen molar-refractivity contribution in [2.75, 3.05) is 0 Å². The minimum atomic E-state index is -0.164. The van der Waals surface area contributed by atoms with Gasteiger partial charge in [0.15, 0.2) is 0 Å². The molecule has 2 heteroatoms. The number of carbonyl (C=O) groups excluding carboxylic acids is 1. The van der Waals surface area contributed by atoms with Gasteiger partial charge >= 0.3 is 5.97 Å². The lowest BCUT2D eigenvalue weighted by Crippen LogP contribution is -1.88. The van der Waals surface area contributed by atoms with Crippen LogP contribution in [0.3, 0.4) is 0 Å². The van der Waals surface area contributed by atoms with E-state index in [2.05, 4.69) is 11.8 Å². The average molecular weight is 198 g/mol. The first kappa shape index (κ1) is 9.54. The van der Waals surface area contributed by atoms with Gasteiger partial charge in [-0.1, -0.05) is 30.0 Å². The molecule has 1 aliphatic heterocycles. The summed E-state index contributed by atoms with van der Waals surface area (Å²) in [6.45, 7) is 0. The number of benzene rings is 1. The highest BCUT2D eigenvalue weighted by molar-refractivity contribution is 5.73. The highest BCUT2D eigenvalue weighted by Gasteiger charge is 2.15. The molecule has 0 bridgehead atoms. The number of esters is 1. The van der Waals surface area contributed by atoms with Crippen LogP contribution < -0.4 is 0 Å². The minimum absolute atomic E-state index is 0.164. The second-order valence-corrected chi connectivity index (χ2v) is 3.22. The molecule has 0 aliphatic carbocycles. The third-order valence-corrected chi connectivity index (χ3v) is 2.04. The Morgan fingerprint density at radius 3 is 2.67 bits per heavy atom. The van der Waals surface area contributed by atoms with Gasteiger partial charge in [-0.25, -0.2) is 0 Å². The summed E-state index contributed by atoms with van der Waals surface area (Å²) in [5.41, 5.74) is 0.957. The lowest BCUT2D eigenvalue weighted by Gasteiger charge is -1.90. The van der Waals surface area contributed by atoms with Crippen molar-refractivity contribution in [3.63, 3.8) is 0 Å². The molecule has 0 radical (unpaired) electrons. The van der Waals surface area contributed by atoms with Gasteiger partial charge in [0.25, 0.3) is 0 Å². The topological polar surface area (TPSA) is 26.3 Å². The van der Waals surface area contributed by atoms with Gasteiger partial charge in [-0.15, -0.1) is 0 Å². The SMILES string of the molecule is O=C1CC/C(=C\C#Cc2ccccc2)O1. The molecule has 1 aromatic carbocycles. The van der Waals surface area contributed by atoms with Crippen LogP contribution in [0.2, 0.25) is 0 Å². The fourth-order valence-corrected chi connectivity index (χ4v) is 1.30. The maximum absolute atomic E-state index is 10.8. The van der Waals surface area contributed by atoms with Crippen LogP contribution in [0.5, 0.6) is 0 Å². The van der Waals surface area contributed by atoms with E-state index in [1.54, 1.807) is 6.08 Å². The number of allylic oxidation sites excluding steroid dienone is 2. The van der Waals surface area contributed by atoms with Crippen LogP contribution in [0.4, 0.5) is 0 Å². The summed E-state index contributed by atoms with van der Waals surface area (Å²) in [5.74, 6) is 6.35. The summed E-state index contributed by atoms with van der Waals surface area (Å²) in [6.07, 6.45) is 2.80. The van der Waals surface area contributed by atoms with Crippen molar-refractivity contribution in [1.82, 2.24) is 0 Å². The molecule has 0 saturated carbocycles. The van der Waals surface area contributed by atoms with Crippen molar-refractivity contribution in [3.8, 4) is 11.8 Å². The van der Waals surface area contributed by atoms with Gasteiger partial charge in [-0.3, -0.25) is 4.79 Å². The van der Waals surface area contributed by atoms with Crippen molar-refractivity contribution >= 4 is 5.97 Å². The zero-order valence-corrected chi connectivity index (χ0v) is 8.19. The molecule has 1 saturated heterocycles. The van der Waals surface area contributed by atoms with Gasteiger partial charge in [0.1, 0.15) is 5.76 Å². The van der Waals surface area contributed by atoms with E-state index in [1.807, 2.05) is 30.3 Å². The number of ether oxygens (including phenoxy) is 1. The molecule has 0 atom stereocenters. The van der Waals surface area contributed by atoms with E-state index >= 15 is 0 Å². The monoisotopic (exact) mass is 198 g/mol. The number of hydrogen-bond donors (Lipinski definition) is 0. The molecule has 0 N–H and O–H groups in total. The van der Waals surface area contributed by atoms with Gasteiger partial charge < -0.3 is 4.74 Å². The summed E-state index contributed by atoms with van der Waals surface area (Å²) in [4.78, 5) is 10.8. The van der Waals surface area contributed by atoms with Crippen molar-refractivity contribution in [3.05, 3.63) is 47.7 Å². The summed E-state index contributed by atoms with van der Waals surface area (Å²) < 4.78 is 4.92. The van der Waals surface area contributed by atoms with E-state index in [9.17, 15) is 4.79 Å². The Morgan fingerprint density at radius 2 is 2.00 bits per heavy atom. The summed E-state index contributed by atoms with van der Waals surface area (Å²) in [5, 5.41) is 0. The Morgan fingerprint density at radius 1 is 1.20 bits per heavy atom. The zero-order valence-electron chi connectivity index (χ0n) is 8.19. The van der Waals surface area contributed by atoms with Gasteiger partial charge in [0.05, 0.1) is 6.42 Å². The highest BCUT2D eigenvalue weighted by Crippen LogP contribution is 2.16. The molecule has 1 aromatic rings. The first-order valence-electron chi connectivity index (χ1n) is 4.81. The predicted molar refractivity (Wildman–Crippen MR) is 56.7 cm³/mol. The fourth-order valence-electron chi connectivity index (χ4n) is 1.30. The molecule has 74 valence electrons. The average Bonchev–Trinajstić information content (AvgIpc) is 2.66. The maximum Gasteiger partial charge on any atom is 0.311 e. The lowest BCUT2D eigenvalue weighted by molar-refractivity contribution is -0.135. The van der Waals surface area contributed by atoms with Crippen LogP contribution in [0.15, 0.2) is 42.2 Å². The quantitative estimate of drug-likeness (QED) is 0.472. The van der Waals surface area contributed by atoms with Crippen LogP contribution in [-0.4, -0.2) is 5.97 Å². The van der Waals surface area contributed by atoms with E-state index in [0.29, 0.717) is 18.6 Å². The van der Waals surface area contributed by atoms with Gasteiger partial charge in [-0.05, 0) is 12.1 Å². The molecule has 1 aliphatic rings.